The van der Waals surface area contributed by atoms with E-state index in [1.807, 2.05) is 6.07 Å². The summed E-state index contributed by atoms with van der Waals surface area (Å²) < 4.78 is 5.09. The van der Waals surface area contributed by atoms with Crippen LogP contribution < -0.4 is 11.1 Å². The Hall–Kier alpha value is -1.59. The third kappa shape index (κ3) is 4.29. The largest absolute Gasteiger partial charge is 0.415 e. The summed E-state index contributed by atoms with van der Waals surface area (Å²) in [6.45, 7) is 0.537. The molecule has 7 nitrogen and oxygen atoms in total. The van der Waals surface area contributed by atoms with E-state index in [2.05, 4.69) is 15.5 Å². The van der Waals surface area contributed by atoms with E-state index >= 15 is 0 Å². The Labute approximate surface area is 96.4 Å². The number of carbonyl (C=O) groups excluding carboxylic acids is 1. The minimum absolute atomic E-state index is 0.173. The van der Waals surface area contributed by atoms with Crippen molar-refractivity contribution in [2.75, 3.05) is 12.3 Å². The smallest absolute Gasteiger partial charge is 0.277 e. The second kappa shape index (κ2) is 6.81. The Morgan fingerprint density at radius 2 is 2.44 bits per heavy atom. The molecule has 0 spiro atoms. The lowest BCUT2D eigenvalue weighted by atomic mass is 10.4. The maximum Gasteiger partial charge on any atom is 0.277 e. The van der Waals surface area contributed by atoms with E-state index in [-0.39, 0.29) is 18.2 Å². The Morgan fingerprint density at radius 3 is 3.06 bits per heavy atom. The second-order valence-corrected chi connectivity index (χ2v) is 3.64. The number of thioether (sulfide) groups is 1. The molecule has 0 radical (unpaired) electrons. The highest BCUT2D eigenvalue weighted by Crippen LogP contribution is 2.14. The topological polar surface area (TPSA) is 118 Å². The Kier molecular flexibility index (Phi) is 5.31. The second-order valence-electron chi connectivity index (χ2n) is 2.71. The molecular weight excluding hydrogens is 230 g/mol. The molecule has 0 bridgehead atoms. The molecular formula is C8H11N5O2S. The lowest BCUT2D eigenvalue weighted by molar-refractivity contribution is -0.118. The van der Waals surface area contributed by atoms with Crippen molar-refractivity contribution in [2.45, 2.75) is 18.2 Å². The van der Waals surface area contributed by atoms with Crippen molar-refractivity contribution in [1.29, 1.82) is 5.26 Å². The van der Waals surface area contributed by atoms with Gasteiger partial charge in [-0.05, 0) is 0 Å². The van der Waals surface area contributed by atoms with E-state index in [1.165, 1.54) is 0 Å². The third-order valence-corrected chi connectivity index (χ3v) is 2.33. The lowest BCUT2D eigenvalue weighted by Gasteiger charge is -1.99. The molecule has 3 N–H and O–H groups in total. The molecule has 0 aliphatic rings. The number of nitrogens with one attached hydrogen (secondary N) is 1. The maximum atomic E-state index is 11.2. The van der Waals surface area contributed by atoms with E-state index in [9.17, 15) is 4.79 Å². The van der Waals surface area contributed by atoms with Crippen molar-refractivity contribution in [3.05, 3.63) is 5.89 Å². The molecule has 0 saturated carbocycles. The summed E-state index contributed by atoms with van der Waals surface area (Å²) in [5.74, 6) is 0.345. The van der Waals surface area contributed by atoms with Gasteiger partial charge in [0.15, 0.2) is 0 Å². The number of nitriles is 1. The fraction of sp³-hybridized carbons (Fsp3) is 0.500. The van der Waals surface area contributed by atoms with Gasteiger partial charge in [0.1, 0.15) is 0 Å². The van der Waals surface area contributed by atoms with Gasteiger partial charge in [0.05, 0.1) is 24.8 Å². The zero-order valence-electron chi connectivity index (χ0n) is 8.47. The molecule has 0 unspecified atom stereocenters. The van der Waals surface area contributed by atoms with E-state index in [0.717, 1.165) is 11.8 Å². The van der Waals surface area contributed by atoms with Crippen LogP contribution in [0, 0.1) is 11.3 Å². The quantitative estimate of drug-likeness (QED) is 0.516. The average Bonchev–Trinajstić information content (AvgIpc) is 2.74. The van der Waals surface area contributed by atoms with Crippen LogP contribution >= 0.6 is 11.8 Å². The molecule has 0 aliphatic carbocycles. The van der Waals surface area contributed by atoms with Gasteiger partial charge in [-0.2, -0.15) is 5.26 Å². The Morgan fingerprint density at radius 1 is 1.62 bits per heavy atom. The summed E-state index contributed by atoms with van der Waals surface area (Å²) in [7, 11) is 0. The summed E-state index contributed by atoms with van der Waals surface area (Å²) in [6.07, 6.45) is 0.300. The van der Waals surface area contributed by atoms with Crippen LogP contribution in [0.3, 0.4) is 0 Å². The highest BCUT2D eigenvalue weighted by atomic mass is 32.2. The van der Waals surface area contributed by atoms with Crippen molar-refractivity contribution in [1.82, 2.24) is 15.5 Å². The normalized spacial score (nSPS) is 9.75. The molecule has 86 valence electrons. The zero-order valence-corrected chi connectivity index (χ0v) is 9.29. The first-order valence-corrected chi connectivity index (χ1v) is 5.53. The standard InChI is InChI=1S/C8H11N5O2S/c9-2-1-3-11-6(14)5-16-8-13-12-7(4-10)15-8/h1,3-5,10H2,(H,11,14). The number of amides is 1. The molecule has 8 heteroatoms. The Bertz CT molecular complexity index is 386. The molecule has 0 fully saturated rings. The summed E-state index contributed by atoms with van der Waals surface area (Å²) >= 11 is 1.13. The predicted octanol–water partition coefficient (Wildman–Crippen LogP) is -0.350. The van der Waals surface area contributed by atoms with Gasteiger partial charge >= 0.3 is 0 Å². The number of hydrogen-bond acceptors (Lipinski definition) is 7. The molecule has 1 aromatic rings. The maximum absolute atomic E-state index is 11.2. The van der Waals surface area contributed by atoms with Gasteiger partial charge in [0, 0.05) is 6.54 Å². The van der Waals surface area contributed by atoms with Crippen molar-refractivity contribution in [3.8, 4) is 6.07 Å². The molecule has 1 heterocycles. The molecule has 16 heavy (non-hydrogen) atoms. The number of hydrogen-bond donors (Lipinski definition) is 2. The van der Waals surface area contributed by atoms with Crippen LogP contribution in [0.25, 0.3) is 0 Å². The van der Waals surface area contributed by atoms with Gasteiger partial charge in [-0.25, -0.2) is 0 Å². The fourth-order valence-corrected chi connectivity index (χ4v) is 1.43. The molecule has 0 atom stereocenters. The lowest BCUT2D eigenvalue weighted by Crippen LogP contribution is -2.25. The highest BCUT2D eigenvalue weighted by molar-refractivity contribution is 7.99. The van der Waals surface area contributed by atoms with Crippen LogP contribution in [0.15, 0.2) is 9.64 Å². The fourth-order valence-electron chi connectivity index (χ4n) is 0.815. The minimum Gasteiger partial charge on any atom is -0.415 e. The van der Waals surface area contributed by atoms with Crippen molar-refractivity contribution in [2.24, 2.45) is 5.73 Å². The first-order valence-electron chi connectivity index (χ1n) is 4.55. The van der Waals surface area contributed by atoms with Crippen LogP contribution in [0.2, 0.25) is 0 Å². The van der Waals surface area contributed by atoms with Crippen LogP contribution in [0.5, 0.6) is 0 Å². The van der Waals surface area contributed by atoms with Crippen molar-refractivity contribution in [3.63, 3.8) is 0 Å². The first kappa shape index (κ1) is 12.5. The number of nitrogens with zero attached hydrogens (tertiary/aromatic N) is 3. The van der Waals surface area contributed by atoms with Gasteiger partial charge in [-0.1, -0.05) is 11.8 Å². The zero-order chi connectivity index (χ0) is 11.8. The monoisotopic (exact) mass is 241 g/mol. The van der Waals surface area contributed by atoms with Crippen LogP contribution in [0.1, 0.15) is 12.3 Å². The van der Waals surface area contributed by atoms with Gasteiger partial charge < -0.3 is 15.5 Å². The summed E-state index contributed by atoms with van der Waals surface area (Å²) in [5.41, 5.74) is 5.28. The first-order chi connectivity index (χ1) is 7.76. The van der Waals surface area contributed by atoms with Gasteiger partial charge in [0.25, 0.3) is 5.22 Å². The van der Waals surface area contributed by atoms with Crippen LogP contribution in [-0.4, -0.2) is 28.4 Å². The van der Waals surface area contributed by atoms with Gasteiger partial charge in [-0.3, -0.25) is 4.79 Å². The number of aromatic nitrogens is 2. The summed E-state index contributed by atoms with van der Waals surface area (Å²) in [4.78, 5) is 11.2. The Balaban J connectivity index is 2.23. The van der Waals surface area contributed by atoms with E-state index < -0.39 is 0 Å². The molecule has 1 rings (SSSR count). The summed E-state index contributed by atoms with van der Waals surface area (Å²) in [5, 5.41) is 18.5. The van der Waals surface area contributed by atoms with Crippen LogP contribution in [0.4, 0.5) is 0 Å². The van der Waals surface area contributed by atoms with E-state index in [1.54, 1.807) is 0 Å². The molecule has 0 aliphatic heterocycles. The molecule has 1 aromatic heterocycles. The van der Waals surface area contributed by atoms with E-state index in [0.29, 0.717) is 24.1 Å². The van der Waals surface area contributed by atoms with Crippen molar-refractivity contribution < 1.29 is 9.21 Å². The molecule has 0 saturated heterocycles. The predicted molar refractivity (Wildman–Crippen MR) is 56.2 cm³/mol. The van der Waals surface area contributed by atoms with Gasteiger partial charge in [-0.15, -0.1) is 10.2 Å². The molecule has 0 aromatic carbocycles. The van der Waals surface area contributed by atoms with Gasteiger partial charge in [0.2, 0.25) is 11.8 Å². The number of rotatable bonds is 6. The third-order valence-electron chi connectivity index (χ3n) is 1.51. The number of nitrogens with two attached hydrogens (primary N) is 1. The van der Waals surface area contributed by atoms with Crippen LogP contribution in [-0.2, 0) is 11.3 Å². The minimum atomic E-state index is -0.173. The summed E-state index contributed by atoms with van der Waals surface area (Å²) in [6, 6.07) is 1.93. The SMILES string of the molecule is N#CCCNC(=O)CSc1nnc(CN)o1. The number of carbonyl (C=O) groups is 1. The highest BCUT2D eigenvalue weighted by Gasteiger charge is 2.08. The van der Waals surface area contributed by atoms with Crippen molar-refractivity contribution >= 4 is 17.7 Å². The average molecular weight is 241 g/mol. The molecule has 1 amide bonds. The van der Waals surface area contributed by atoms with E-state index in [4.69, 9.17) is 15.4 Å².